The van der Waals surface area contributed by atoms with Gasteiger partial charge in [-0.25, -0.2) is 4.79 Å². The molecule has 0 radical (unpaired) electrons. The summed E-state index contributed by atoms with van der Waals surface area (Å²) < 4.78 is 15.3. The number of rotatable bonds is 5. The lowest BCUT2D eigenvalue weighted by Crippen LogP contribution is -2.39. The van der Waals surface area contributed by atoms with E-state index in [1.54, 1.807) is 6.92 Å². The molecule has 106 valence electrons. The number of esters is 1. The van der Waals surface area contributed by atoms with Gasteiger partial charge in [-0.05, 0) is 19.9 Å². The first-order valence-electron chi connectivity index (χ1n) is 6.59. The fourth-order valence-electron chi connectivity index (χ4n) is 2.02. The molecule has 1 aromatic heterocycles. The molecule has 0 N–H and O–H groups in total. The van der Waals surface area contributed by atoms with Crippen molar-refractivity contribution in [2.75, 3.05) is 32.8 Å². The summed E-state index contributed by atoms with van der Waals surface area (Å²) in [7, 11) is 0. The van der Waals surface area contributed by atoms with Crippen molar-refractivity contribution in [3.05, 3.63) is 11.7 Å². The van der Waals surface area contributed by atoms with Crippen LogP contribution >= 0.6 is 0 Å². The van der Waals surface area contributed by atoms with Crippen LogP contribution in [0.3, 0.4) is 0 Å². The summed E-state index contributed by atoms with van der Waals surface area (Å²) in [6.07, 6.45) is 0.847. The van der Waals surface area contributed by atoms with E-state index in [4.69, 9.17) is 14.0 Å². The summed E-state index contributed by atoms with van der Waals surface area (Å²) in [5, 5.41) is 3.80. The highest BCUT2D eigenvalue weighted by molar-refractivity contribution is 5.83. The predicted molar refractivity (Wildman–Crippen MR) is 65.7 cm³/mol. The third kappa shape index (κ3) is 3.51. The fourth-order valence-corrected chi connectivity index (χ4v) is 2.02. The Morgan fingerprint density at radius 3 is 3.11 bits per heavy atom. The Hall–Kier alpha value is -1.47. The number of nitrogens with zero attached hydrogens (tertiary/aromatic N) is 3. The minimum absolute atomic E-state index is 0.118. The van der Waals surface area contributed by atoms with Crippen LogP contribution in [0.15, 0.2) is 4.52 Å². The summed E-state index contributed by atoms with van der Waals surface area (Å²) in [6, 6.07) is 0. The maximum Gasteiger partial charge on any atom is 0.397 e. The quantitative estimate of drug-likeness (QED) is 0.739. The van der Waals surface area contributed by atoms with E-state index in [1.165, 1.54) is 0 Å². The zero-order valence-electron chi connectivity index (χ0n) is 11.3. The van der Waals surface area contributed by atoms with E-state index in [9.17, 15) is 4.79 Å². The normalized spacial score (nSPS) is 20.4. The van der Waals surface area contributed by atoms with Crippen LogP contribution in [0.4, 0.5) is 0 Å². The van der Waals surface area contributed by atoms with E-state index in [2.05, 4.69) is 22.0 Å². The second-order valence-electron chi connectivity index (χ2n) is 4.34. The minimum Gasteiger partial charge on any atom is -0.459 e. The zero-order valence-corrected chi connectivity index (χ0v) is 11.3. The molecule has 19 heavy (non-hydrogen) atoms. The first-order valence-corrected chi connectivity index (χ1v) is 6.59. The molecule has 1 saturated heterocycles. The van der Waals surface area contributed by atoms with Gasteiger partial charge in [0.25, 0.3) is 0 Å². The molecular weight excluding hydrogens is 250 g/mol. The molecule has 0 bridgehead atoms. The number of carbonyl (C=O) groups is 1. The molecule has 1 unspecified atom stereocenters. The Morgan fingerprint density at radius 1 is 1.53 bits per heavy atom. The van der Waals surface area contributed by atoms with E-state index in [-0.39, 0.29) is 18.6 Å². The molecule has 0 saturated carbocycles. The van der Waals surface area contributed by atoms with Gasteiger partial charge in [-0.3, -0.25) is 4.90 Å². The number of carbonyl (C=O) groups excluding carboxylic acids is 1. The van der Waals surface area contributed by atoms with Crippen molar-refractivity contribution in [1.82, 2.24) is 15.0 Å². The van der Waals surface area contributed by atoms with E-state index in [0.29, 0.717) is 12.4 Å². The average Bonchev–Trinajstić information content (AvgIpc) is 2.89. The smallest absolute Gasteiger partial charge is 0.397 e. The largest absolute Gasteiger partial charge is 0.459 e. The highest BCUT2D eigenvalue weighted by Gasteiger charge is 2.27. The van der Waals surface area contributed by atoms with Gasteiger partial charge in [0.15, 0.2) is 0 Å². The number of hydrogen-bond donors (Lipinski definition) is 0. The van der Waals surface area contributed by atoms with Crippen molar-refractivity contribution in [2.24, 2.45) is 0 Å². The number of hydrogen-bond acceptors (Lipinski definition) is 7. The predicted octanol–water partition coefficient (Wildman–Crippen LogP) is 1.03. The molecule has 1 aliphatic heterocycles. The van der Waals surface area contributed by atoms with Gasteiger partial charge in [-0.2, -0.15) is 4.98 Å². The van der Waals surface area contributed by atoms with Crippen molar-refractivity contribution in [3.8, 4) is 0 Å². The molecular formula is C12H19N3O4. The lowest BCUT2D eigenvalue weighted by Gasteiger charge is -2.30. The van der Waals surface area contributed by atoms with Crippen molar-refractivity contribution >= 4 is 5.97 Å². The van der Waals surface area contributed by atoms with Crippen LogP contribution in [0.1, 0.15) is 42.9 Å². The first-order chi connectivity index (χ1) is 9.24. The first kappa shape index (κ1) is 14.0. The molecule has 1 fully saturated rings. The Bertz CT molecular complexity index is 419. The lowest BCUT2D eigenvalue weighted by atomic mass is 10.2. The Kier molecular flexibility index (Phi) is 4.86. The Balaban J connectivity index is 1.99. The molecule has 0 amide bonds. The topological polar surface area (TPSA) is 77.7 Å². The van der Waals surface area contributed by atoms with Crippen LogP contribution in [0.2, 0.25) is 0 Å². The van der Waals surface area contributed by atoms with Gasteiger partial charge < -0.3 is 14.0 Å². The highest BCUT2D eigenvalue weighted by atomic mass is 16.6. The van der Waals surface area contributed by atoms with Crippen LogP contribution in [0.5, 0.6) is 0 Å². The van der Waals surface area contributed by atoms with Gasteiger partial charge in [-0.1, -0.05) is 12.1 Å². The SMILES string of the molecule is CCCN1CCOC(c2noc(C(=O)OCC)n2)C1. The van der Waals surface area contributed by atoms with Gasteiger partial charge in [0, 0.05) is 13.1 Å². The molecule has 7 heteroatoms. The second kappa shape index (κ2) is 6.63. The Morgan fingerprint density at radius 2 is 2.37 bits per heavy atom. The van der Waals surface area contributed by atoms with Crippen LogP contribution in [0.25, 0.3) is 0 Å². The molecule has 1 aliphatic rings. The zero-order chi connectivity index (χ0) is 13.7. The van der Waals surface area contributed by atoms with E-state index < -0.39 is 5.97 Å². The van der Waals surface area contributed by atoms with Crippen molar-refractivity contribution in [3.63, 3.8) is 0 Å². The van der Waals surface area contributed by atoms with Gasteiger partial charge in [0.05, 0.1) is 13.2 Å². The average molecular weight is 269 g/mol. The molecule has 0 aromatic carbocycles. The van der Waals surface area contributed by atoms with Gasteiger partial charge in [0.1, 0.15) is 6.10 Å². The Labute approximate surface area is 111 Å². The molecule has 1 aromatic rings. The maximum absolute atomic E-state index is 11.4. The summed E-state index contributed by atoms with van der Waals surface area (Å²) in [6.45, 7) is 7.42. The monoisotopic (exact) mass is 269 g/mol. The van der Waals surface area contributed by atoms with E-state index in [1.807, 2.05) is 0 Å². The van der Waals surface area contributed by atoms with Gasteiger partial charge in [-0.15, -0.1) is 0 Å². The minimum atomic E-state index is -0.595. The van der Waals surface area contributed by atoms with Crippen LogP contribution < -0.4 is 0 Å². The third-order valence-corrected chi connectivity index (χ3v) is 2.87. The van der Waals surface area contributed by atoms with Crippen molar-refractivity contribution in [2.45, 2.75) is 26.4 Å². The lowest BCUT2D eigenvalue weighted by molar-refractivity contribution is -0.0350. The van der Waals surface area contributed by atoms with E-state index >= 15 is 0 Å². The summed E-state index contributed by atoms with van der Waals surface area (Å²) in [4.78, 5) is 17.8. The van der Waals surface area contributed by atoms with Crippen molar-refractivity contribution in [1.29, 1.82) is 0 Å². The number of morpholine rings is 1. The van der Waals surface area contributed by atoms with E-state index in [0.717, 1.165) is 26.1 Å². The number of ether oxygens (including phenoxy) is 2. The summed E-state index contributed by atoms with van der Waals surface area (Å²) in [5.41, 5.74) is 0. The van der Waals surface area contributed by atoms with Gasteiger partial charge >= 0.3 is 11.9 Å². The van der Waals surface area contributed by atoms with Gasteiger partial charge in [0.2, 0.25) is 5.82 Å². The fraction of sp³-hybridized carbons (Fsp3) is 0.750. The summed E-state index contributed by atoms with van der Waals surface area (Å²) in [5.74, 6) is -0.306. The molecule has 0 spiro atoms. The standard InChI is InChI=1S/C12H19N3O4/c1-3-5-15-6-7-18-9(8-15)10-13-11(19-14-10)12(16)17-4-2/h9H,3-8H2,1-2H3. The third-order valence-electron chi connectivity index (χ3n) is 2.87. The summed E-state index contributed by atoms with van der Waals surface area (Å²) >= 11 is 0. The van der Waals surface area contributed by atoms with Crippen LogP contribution in [-0.4, -0.2) is 53.9 Å². The van der Waals surface area contributed by atoms with Crippen molar-refractivity contribution < 1.29 is 18.8 Å². The molecule has 2 rings (SSSR count). The molecule has 7 nitrogen and oxygen atoms in total. The maximum atomic E-state index is 11.4. The highest BCUT2D eigenvalue weighted by Crippen LogP contribution is 2.19. The van der Waals surface area contributed by atoms with Crippen LogP contribution in [-0.2, 0) is 9.47 Å². The molecule has 2 heterocycles. The van der Waals surface area contributed by atoms with Crippen LogP contribution in [0, 0.1) is 0 Å². The molecule has 0 aliphatic carbocycles. The number of aromatic nitrogens is 2. The second-order valence-corrected chi connectivity index (χ2v) is 4.34. The molecule has 1 atom stereocenters.